The van der Waals surface area contributed by atoms with Gasteiger partial charge in [0.15, 0.2) is 11.5 Å². The van der Waals surface area contributed by atoms with Crippen LogP contribution in [0, 0.1) is 0 Å². The van der Waals surface area contributed by atoms with Gasteiger partial charge in [-0.3, -0.25) is 0 Å². The zero-order chi connectivity index (χ0) is 10.4. The van der Waals surface area contributed by atoms with Crippen LogP contribution in [0.5, 0.6) is 11.5 Å². The Kier molecular flexibility index (Phi) is 3.79. The number of nitrogens with zero attached hydrogens (tertiary/aromatic N) is 1. The lowest BCUT2D eigenvalue weighted by Crippen LogP contribution is -1.88. The quantitative estimate of drug-likeness (QED) is 0.588. The Bertz CT molecular complexity index is 323. The minimum absolute atomic E-state index is 0.112. The zero-order valence-corrected chi connectivity index (χ0v) is 8.23. The molecule has 0 bridgehead atoms. The van der Waals surface area contributed by atoms with Crippen molar-refractivity contribution in [1.82, 2.24) is 0 Å². The van der Waals surface area contributed by atoms with Crippen molar-refractivity contribution >= 4 is 6.21 Å². The summed E-state index contributed by atoms with van der Waals surface area (Å²) in [5, 5.41) is 13.0. The Morgan fingerprint density at radius 2 is 2.29 bits per heavy atom. The van der Waals surface area contributed by atoms with Crippen LogP contribution in [0.1, 0.15) is 12.5 Å². The fraction of sp³-hybridized carbons (Fsp3) is 0.300. The smallest absolute Gasteiger partial charge is 0.161 e. The first kappa shape index (κ1) is 10.4. The van der Waals surface area contributed by atoms with Crippen LogP contribution in [-0.2, 0) is 4.84 Å². The molecular weight excluding hydrogens is 182 g/mol. The first-order valence-corrected chi connectivity index (χ1v) is 4.30. The lowest BCUT2D eigenvalue weighted by Gasteiger charge is -2.02. The number of aromatic hydroxyl groups is 1. The second-order valence-corrected chi connectivity index (χ2v) is 2.58. The second kappa shape index (κ2) is 5.11. The van der Waals surface area contributed by atoms with E-state index in [1.165, 1.54) is 7.11 Å². The van der Waals surface area contributed by atoms with Crippen molar-refractivity contribution in [3.63, 3.8) is 0 Å². The number of phenolic OH excluding ortho intramolecular Hbond substituents is 1. The van der Waals surface area contributed by atoms with E-state index in [-0.39, 0.29) is 5.75 Å². The number of rotatable bonds is 4. The highest BCUT2D eigenvalue weighted by atomic mass is 16.6. The fourth-order valence-corrected chi connectivity index (χ4v) is 0.947. The van der Waals surface area contributed by atoms with Crippen LogP contribution in [0.15, 0.2) is 23.4 Å². The van der Waals surface area contributed by atoms with Crippen molar-refractivity contribution in [1.29, 1.82) is 0 Å². The predicted octanol–water partition coefficient (Wildman–Crippen LogP) is 1.77. The minimum atomic E-state index is 0.112. The zero-order valence-electron chi connectivity index (χ0n) is 8.23. The molecule has 0 heterocycles. The summed E-state index contributed by atoms with van der Waals surface area (Å²) in [5.41, 5.74) is 0.813. The van der Waals surface area contributed by atoms with Gasteiger partial charge in [0.05, 0.1) is 13.3 Å². The largest absolute Gasteiger partial charge is 0.504 e. The highest BCUT2D eigenvalue weighted by Crippen LogP contribution is 2.25. The van der Waals surface area contributed by atoms with Crippen molar-refractivity contribution < 1.29 is 14.7 Å². The number of hydrogen-bond acceptors (Lipinski definition) is 4. The van der Waals surface area contributed by atoms with Gasteiger partial charge in [0, 0.05) is 5.56 Å². The molecule has 14 heavy (non-hydrogen) atoms. The molecular formula is C10H13NO3. The summed E-state index contributed by atoms with van der Waals surface area (Å²) in [7, 11) is 1.50. The van der Waals surface area contributed by atoms with Crippen LogP contribution in [0.4, 0.5) is 0 Å². The maximum absolute atomic E-state index is 9.31. The highest BCUT2D eigenvalue weighted by molar-refractivity contribution is 5.80. The molecule has 1 rings (SSSR count). The summed E-state index contributed by atoms with van der Waals surface area (Å²) in [4.78, 5) is 4.81. The summed E-state index contributed by atoms with van der Waals surface area (Å²) in [6.45, 7) is 2.39. The molecule has 0 aromatic heterocycles. The van der Waals surface area contributed by atoms with Crippen molar-refractivity contribution in [2.45, 2.75) is 6.92 Å². The molecule has 0 unspecified atom stereocenters. The SMILES string of the molecule is CCON=Cc1ccc(O)c(OC)c1. The van der Waals surface area contributed by atoms with E-state index >= 15 is 0 Å². The molecule has 0 saturated carbocycles. The molecule has 0 saturated heterocycles. The second-order valence-electron chi connectivity index (χ2n) is 2.58. The van der Waals surface area contributed by atoms with Gasteiger partial charge in [-0.15, -0.1) is 0 Å². The topological polar surface area (TPSA) is 51.0 Å². The number of benzene rings is 1. The molecule has 0 atom stereocenters. The average molecular weight is 195 g/mol. The third kappa shape index (κ3) is 2.65. The summed E-state index contributed by atoms with van der Waals surface area (Å²) in [5.74, 6) is 0.534. The van der Waals surface area contributed by atoms with Gasteiger partial charge in [0.2, 0.25) is 0 Å². The predicted molar refractivity (Wildman–Crippen MR) is 53.9 cm³/mol. The minimum Gasteiger partial charge on any atom is -0.504 e. The van der Waals surface area contributed by atoms with E-state index in [0.717, 1.165) is 5.56 Å². The molecule has 1 N–H and O–H groups in total. The maximum Gasteiger partial charge on any atom is 0.161 e. The summed E-state index contributed by atoms with van der Waals surface area (Å²) in [6.07, 6.45) is 1.56. The van der Waals surface area contributed by atoms with Crippen LogP contribution >= 0.6 is 0 Å². The number of hydrogen-bond donors (Lipinski definition) is 1. The van der Waals surface area contributed by atoms with E-state index in [9.17, 15) is 5.11 Å². The normalized spacial score (nSPS) is 10.4. The standard InChI is InChI=1S/C10H13NO3/c1-3-14-11-7-8-4-5-9(12)10(6-8)13-2/h4-7,12H,3H2,1-2H3. The Morgan fingerprint density at radius 1 is 1.50 bits per heavy atom. The maximum atomic E-state index is 9.31. The molecule has 0 amide bonds. The summed E-state index contributed by atoms with van der Waals surface area (Å²) < 4.78 is 4.94. The molecule has 76 valence electrons. The van der Waals surface area contributed by atoms with Gasteiger partial charge in [-0.1, -0.05) is 5.16 Å². The first-order chi connectivity index (χ1) is 6.77. The third-order valence-corrected chi connectivity index (χ3v) is 1.61. The average Bonchev–Trinajstić information content (AvgIpc) is 2.21. The van der Waals surface area contributed by atoms with E-state index in [1.807, 2.05) is 6.92 Å². The monoisotopic (exact) mass is 195 g/mol. The van der Waals surface area contributed by atoms with Crippen LogP contribution in [-0.4, -0.2) is 25.0 Å². The van der Waals surface area contributed by atoms with Crippen molar-refractivity contribution in [3.8, 4) is 11.5 Å². The van der Waals surface area contributed by atoms with Gasteiger partial charge in [0.1, 0.15) is 6.61 Å². The van der Waals surface area contributed by atoms with Crippen molar-refractivity contribution in [3.05, 3.63) is 23.8 Å². The molecule has 0 fully saturated rings. The molecule has 0 aliphatic carbocycles. The van der Waals surface area contributed by atoms with Gasteiger partial charge >= 0.3 is 0 Å². The summed E-state index contributed by atoms with van der Waals surface area (Å²) in [6, 6.07) is 4.95. The van der Waals surface area contributed by atoms with Gasteiger partial charge < -0.3 is 14.7 Å². The van der Waals surface area contributed by atoms with Crippen molar-refractivity contribution in [2.75, 3.05) is 13.7 Å². The first-order valence-electron chi connectivity index (χ1n) is 4.30. The molecule has 1 aromatic rings. The number of phenols is 1. The number of methoxy groups -OCH3 is 1. The number of ether oxygens (including phenoxy) is 1. The van der Waals surface area contributed by atoms with Gasteiger partial charge in [0.25, 0.3) is 0 Å². The van der Waals surface area contributed by atoms with E-state index in [2.05, 4.69) is 5.16 Å². The Morgan fingerprint density at radius 3 is 2.93 bits per heavy atom. The highest BCUT2D eigenvalue weighted by Gasteiger charge is 2.00. The Hall–Kier alpha value is -1.71. The Balaban J connectivity index is 2.79. The molecule has 0 spiro atoms. The van der Waals surface area contributed by atoms with E-state index in [4.69, 9.17) is 9.57 Å². The molecule has 0 radical (unpaired) electrons. The van der Waals surface area contributed by atoms with E-state index in [1.54, 1.807) is 24.4 Å². The van der Waals surface area contributed by atoms with Crippen LogP contribution in [0.2, 0.25) is 0 Å². The van der Waals surface area contributed by atoms with Gasteiger partial charge in [-0.25, -0.2) is 0 Å². The van der Waals surface area contributed by atoms with Crippen LogP contribution < -0.4 is 4.74 Å². The molecule has 1 aromatic carbocycles. The molecule has 0 aliphatic heterocycles. The van der Waals surface area contributed by atoms with Gasteiger partial charge in [-0.2, -0.15) is 0 Å². The summed E-state index contributed by atoms with van der Waals surface area (Å²) >= 11 is 0. The van der Waals surface area contributed by atoms with Gasteiger partial charge in [-0.05, 0) is 25.1 Å². The lowest BCUT2D eigenvalue weighted by molar-refractivity contribution is 0.160. The van der Waals surface area contributed by atoms with Crippen molar-refractivity contribution in [2.24, 2.45) is 5.16 Å². The number of oxime groups is 1. The third-order valence-electron chi connectivity index (χ3n) is 1.61. The Labute approximate surface area is 82.8 Å². The van der Waals surface area contributed by atoms with E-state index < -0.39 is 0 Å². The van der Waals surface area contributed by atoms with E-state index in [0.29, 0.717) is 12.4 Å². The fourth-order valence-electron chi connectivity index (χ4n) is 0.947. The van der Waals surface area contributed by atoms with Crippen LogP contribution in [0.3, 0.4) is 0 Å². The molecule has 4 nitrogen and oxygen atoms in total. The molecule has 4 heteroatoms. The lowest BCUT2D eigenvalue weighted by atomic mass is 10.2. The van der Waals surface area contributed by atoms with Crippen LogP contribution in [0.25, 0.3) is 0 Å². The molecule has 0 aliphatic rings.